The molecule has 1 heterocycles. The summed E-state index contributed by atoms with van der Waals surface area (Å²) < 4.78 is 6.16. The quantitative estimate of drug-likeness (QED) is 0.403. The fraction of sp³-hybridized carbons (Fsp3) is 0.100. The maximum Gasteiger partial charge on any atom is 0.263 e. The van der Waals surface area contributed by atoms with Crippen molar-refractivity contribution in [3.63, 3.8) is 0 Å². The molecule has 0 saturated carbocycles. The maximum absolute atomic E-state index is 9.80. The number of aromatic nitrogens is 3. The molecule has 8 nitrogen and oxygen atoms in total. The number of rotatable bonds is 4. The smallest absolute Gasteiger partial charge is 0.263 e. The Hall–Kier alpha value is -2.77. The van der Waals surface area contributed by atoms with Crippen LogP contribution in [0.3, 0.4) is 0 Å². The minimum Gasteiger partial charge on any atom is -0.504 e. The summed E-state index contributed by atoms with van der Waals surface area (Å²) in [6.07, 6.45) is 2.76. The zero-order valence-electron chi connectivity index (χ0n) is 9.61. The zero-order chi connectivity index (χ0) is 13.0. The highest BCUT2D eigenvalue weighted by Gasteiger charge is 2.04. The van der Waals surface area contributed by atoms with Crippen LogP contribution in [0.5, 0.6) is 11.5 Å². The number of hydrogen-bond acceptors (Lipinski definition) is 7. The SMILES string of the molecule is COc1cccc(/C=N/Nc2nncn2N)c1O. The van der Waals surface area contributed by atoms with Crippen molar-refractivity contribution in [3.05, 3.63) is 30.1 Å². The van der Waals surface area contributed by atoms with Crippen LogP contribution in [0.15, 0.2) is 29.6 Å². The molecule has 0 radical (unpaired) electrons. The van der Waals surface area contributed by atoms with Crippen molar-refractivity contribution < 1.29 is 9.84 Å². The van der Waals surface area contributed by atoms with Crippen molar-refractivity contribution in [1.82, 2.24) is 14.9 Å². The van der Waals surface area contributed by atoms with Crippen LogP contribution in [-0.4, -0.2) is 33.3 Å². The van der Waals surface area contributed by atoms with Crippen LogP contribution < -0.4 is 16.0 Å². The average Bonchev–Trinajstić information content (AvgIpc) is 2.77. The molecule has 8 heteroatoms. The molecule has 18 heavy (non-hydrogen) atoms. The molecule has 0 amide bonds. The molecule has 2 aromatic rings. The number of phenols is 1. The van der Waals surface area contributed by atoms with Crippen LogP contribution in [0.25, 0.3) is 0 Å². The molecule has 2 rings (SSSR count). The standard InChI is InChI=1S/C10H12N6O2/c1-18-8-4-2-3-7(9(8)17)5-12-14-10-15-13-6-16(10)11/h2-6,17H,11H2,1H3,(H,14,15)/b12-5+. The summed E-state index contributed by atoms with van der Waals surface area (Å²) in [7, 11) is 1.48. The van der Waals surface area contributed by atoms with Crippen LogP contribution in [0.2, 0.25) is 0 Å². The summed E-state index contributed by atoms with van der Waals surface area (Å²) in [4.78, 5) is 0. The van der Waals surface area contributed by atoms with E-state index < -0.39 is 0 Å². The Kier molecular flexibility index (Phi) is 3.28. The number of nitrogen functional groups attached to an aromatic ring is 1. The maximum atomic E-state index is 9.80. The zero-order valence-corrected chi connectivity index (χ0v) is 9.61. The van der Waals surface area contributed by atoms with E-state index in [0.29, 0.717) is 11.3 Å². The average molecular weight is 248 g/mol. The molecule has 0 unspecified atom stereocenters. The summed E-state index contributed by atoms with van der Waals surface area (Å²) in [5, 5.41) is 20.9. The van der Waals surface area contributed by atoms with Gasteiger partial charge in [-0.15, -0.1) is 10.2 Å². The Morgan fingerprint density at radius 3 is 3.06 bits per heavy atom. The number of methoxy groups -OCH3 is 1. The minimum absolute atomic E-state index is 0.0137. The van der Waals surface area contributed by atoms with E-state index in [1.807, 2.05) is 0 Å². The Morgan fingerprint density at radius 2 is 2.39 bits per heavy atom. The monoisotopic (exact) mass is 248 g/mol. The number of hydrogen-bond donors (Lipinski definition) is 3. The molecule has 0 aliphatic heterocycles. The van der Waals surface area contributed by atoms with Gasteiger partial charge in [0.1, 0.15) is 6.33 Å². The number of hydrazone groups is 1. The number of nitrogens with zero attached hydrogens (tertiary/aromatic N) is 4. The third kappa shape index (κ3) is 2.32. The number of para-hydroxylation sites is 1. The lowest BCUT2D eigenvalue weighted by Crippen LogP contribution is -2.10. The van der Waals surface area contributed by atoms with E-state index in [2.05, 4.69) is 20.7 Å². The minimum atomic E-state index is 0.0137. The molecule has 0 aliphatic rings. The third-order valence-corrected chi connectivity index (χ3v) is 2.19. The van der Waals surface area contributed by atoms with E-state index >= 15 is 0 Å². The lowest BCUT2D eigenvalue weighted by molar-refractivity contribution is 0.373. The first-order valence-corrected chi connectivity index (χ1v) is 5.02. The first kappa shape index (κ1) is 11.7. The Bertz CT molecular complexity index is 565. The van der Waals surface area contributed by atoms with Gasteiger partial charge in [0.2, 0.25) is 0 Å². The van der Waals surface area contributed by atoms with Gasteiger partial charge in [-0.05, 0) is 12.1 Å². The first-order chi connectivity index (χ1) is 8.72. The first-order valence-electron chi connectivity index (χ1n) is 5.02. The lowest BCUT2D eigenvalue weighted by Gasteiger charge is -2.04. The van der Waals surface area contributed by atoms with Crippen molar-refractivity contribution in [1.29, 1.82) is 0 Å². The van der Waals surface area contributed by atoms with E-state index in [1.165, 1.54) is 24.3 Å². The van der Waals surface area contributed by atoms with Crippen molar-refractivity contribution in [2.75, 3.05) is 18.4 Å². The third-order valence-electron chi connectivity index (χ3n) is 2.19. The molecule has 0 atom stereocenters. The van der Waals surface area contributed by atoms with Gasteiger partial charge in [0.25, 0.3) is 5.95 Å². The predicted molar refractivity (Wildman–Crippen MR) is 66.0 cm³/mol. The topological polar surface area (TPSA) is 111 Å². The second-order valence-corrected chi connectivity index (χ2v) is 3.33. The fourth-order valence-corrected chi connectivity index (χ4v) is 1.29. The van der Waals surface area contributed by atoms with Gasteiger partial charge in [-0.1, -0.05) is 6.07 Å². The van der Waals surface area contributed by atoms with Gasteiger partial charge in [-0.3, -0.25) is 0 Å². The lowest BCUT2D eigenvalue weighted by atomic mass is 10.2. The molecule has 0 bridgehead atoms. The Balaban J connectivity index is 2.12. The summed E-state index contributed by atoms with van der Waals surface area (Å²) in [5.74, 6) is 6.16. The van der Waals surface area contributed by atoms with Crippen molar-refractivity contribution in [2.45, 2.75) is 0 Å². The number of anilines is 1. The van der Waals surface area contributed by atoms with Gasteiger partial charge in [0.15, 0.2) is 11.5 Å². The van der Waals surface area contributed by atoms with Gasteiger partial charge in [0, 0.05) is 5.56 Å². The van der Waals surface area contributed by atoms with Crippen LogP contribution in [0, 0.1) is 0 Å². The number of ether oxygens (including phenoxy) is 1. The van der Waals surface area contributed by atoms with Gasteiger partial charge < -0.3 is 15.7 Å². The molecule has 0 spiro atoms. The molecule has 0 fully saturated rings. The van der Waals surface area contributed by atoms with Crippen molar-refractivity contribution >= 4 is 12.2 Å². The molecular weight excluding hydrogens is 236 g/mol. The Morgan fingerprint density at radius 1 is 1.56 bits per heavy atom. The van der Waals surface area contributed by atoms with E-state index in [1.54, 1.807) is 18.2 Å². The van der Waals surface area contributed by atoms with E-state index in [9.17, 15) is 5.11 Å². The molecule has 0 aliphatic carbocycles. The van der Waals surface area contributed by atoms with Gasteiger partial charge in [-0.25, -0.2) is 10.1 Å². The largest absolute Gasteiger partial charge is 0.504 e. The summed E-state index contributed by atoms with van der Waals surface area (Å²) in [5.41, 5.74) is 3.09. The molecule has 0 saturated heterocycles. The highest BCUT2D eigenvalue weighted by atomic mass is 16.5. The van der Waals surface area contributed by atoms with E-state index in [0.717, 1.165) is 0 Å². The van der Waals surface area contributed by atoms with Crippen LogP contribution in [0.4, 0.5) is 5.95 Å². The summed E-state index contributed by atoms with van der Waals surface area (Å²) in [6, 6.07) is 5.08. The van der Waals surface area contributed by atoms with E-state index in [-0.39, 0.29) is 11.7 Å². The van der Waals surface area contributed by atoms with Gasteiger partial charge in [-0.2, -0.15) is 5.10 Å². The van der Waals surface area contributed by atoms with E-state index in [4.69, 9.17) is 10.6 Å². The predicted octanol–water partition coefficient (Wildman–Crippen LogP) is 0.152. The second-order valence-electron chi connectivity index (χ2n) is 3.33. The number of aromatic hydroxyl groups is 1. The summed E-state index contributed by atoms with van der Waals surface area (Å²) in [6.45, 7) is 0. The van der Waals surface area contributed by atoms with Gasteiger partial charge >= 0.3 is 0 Å². The number of nitrogens with two attached hydrogens (primary N) is 1. The van der Waals surface area contributed by atoms with Crippen LogP contribution in [-0.2, 0) is 0 Å². The second kappa shape index (κ2) is 5.04. The van der Waals surface area contributed by atoms with Crippen molar-refractivity contribution in [3.8, 4) is 11.5 Å². The molecule has 1 aromatic carbocycles. The van der Waals surface area contributed by atoms with Crippen molar-refractivity contribution in [2.24, 2.45) is 5.10 Å². The number of nitrogens with one attached hydrogen (secondary N) is 1. The molecule has 4 N–H and O–H groups in total. The molecule has 1 aromatic heterocycles. The number of phenolic OH excluding ortho intramolecular Hbond substituents is 1. The van der Waals surface area contributed by atoms with Crippen LogP contribution >= 0.6 is 0 Å². The highest BCUT2D eigenvalue weighted by molar-refractivity contribution is 5.85. The Labute approximate surface area is 103 Å². The summed E-state index contributed by atoms with van der Waals surface area (Å²) >= 11 is 0. The molecular formula is C10H12N6O2. The van der Waals surface area contributed by atoms with Gasteiger partial charge in [0.05, 0.1) is 13.3 Å². The highest BCUT2D eigenvalue weighted by Crippen LogP contribution is 2.27. The number of benzene rings is 1. The van der Waals surface area contributed by atoms with Crippen LogP contribution in [0.1, 0.15) is 5.56 Å². The fourth-order valence-electron chi connectivity index (χ4n) is 1.29. The normalized spacial score (nSPS) is 10.7. The molecule has 94 valence electrons.